The number of ether oxygens (including phenoxy) is 1. The van der Waals surface area contributed by atoms with Gasteiger partial charge >= 0.3 is 0 Å². The molecule has 100 valence electrons. The van der Waals surface area contributed by atoms with Crippen molar-refractivity contribution in [2.75, 3.05) is 24.6 Å². The molecule has 0 radical (unpaired) electrons. The van der Waals surface area contributed by atoms with Crippen molar-refractivity contribution in [3.8, 4) is 5.75 Å². The third-order valence-electron chi connectivity index (χ3n) is 3.77. The number of nitrogens with zero attached hydrogens (tertiary/aromatic N) is 1. The maximum atomic E-state index is 5.99. The Morgan fingerprint density at radius 3 is 2.95 bits per heavy atom. The Balaban J connectivity index is 2.07. The van der Waals surface area contributed by atoms with Crippen LogP contribution in [0.15, 0.2) is 36.4 Å². The minimum atomic E-state index is 0.403. The van der Waals surface area contributed by atoms with Gasteiger partial charge in [-0.2, -0.15) is 0 Å². The largest absolute Gasteiger partial charge is 0.489 e. The first kappa shape index (κ1) is 12.3. The summed E-state index contributed by atoms with van der Waals surface area (Å²) < 4.78 is 5.99. The Morgan fingerprint density at radius 1 is 1.26 bits per heavy atom. The monoisotopic (exact) mass is 256 g/mol. The highest BCUT2D eigenvalue weighted by molar-refractivity contribution is 5.94. The fraction of sp³-hybridized carbons (Fsp3) is 0.375. The lowest BCUT2D eigenvalue weighted by Crippen LogP contribution is -2.42. The zero-order valence-corrected chi connectivity index (χ0v) is 11.3. The third-order valence-corrected chi connectivity index (χ3v) is 3.77. The summed E-state index contributed by atoms with van der Waals surface area (Å²) in [5.74, 6) is 1.02. The molecule has 0 aromatic heterocycles. The summed E-state index contributed by atoms with van der Waals surface area (Å²) in [7, 11) is 0. The van der Waals surface area contributed by atoms with Gasteiger partial charge in [0.1, 0.15) is 6.61 Å². The van der Waals surface area contributed by atoms with E-state index < -0.39 is 0 Å². The van der Waals surface area contributed by atoms with E-state index in [-0.39, 0.29) is 0 Å². The van der Waals surface area contributed by atoms with Gasteiger partial charge in [-0.3, -0.25) is 0 Å². The van der Waals surface area contributed by atoms with Crippen molar-refractivity contribution >= 4 is 16.5 Å². The number of rotatable bonds is 3. The Hall–Kier alpha value is -1.74. The Labute approximate surface area is 114 Å². The van der Waals surface area contributed by atoms with Crippen LogP contribution in [0.2, 0.25) is 0 Å². The first-order valence-corrected chi connectivity index (χ1v) is 6.92. The molecule has 0 aliphatic carbocycles. The predicted octanol–water partition coefficient (Wildman–Crippen LogP) is 2.78. The second-order valence-corrected chi connectivity index (χ2v) is 5.13. The van der Waals surface area contributed by atoms with Crippen molar-refractivity contribution in [1.29, 1.82) is 0 Å². The van der Waals surface area contributed by atoms with Gasteiger partial charge in [0.2, 0.25) is 0 Å². The predicted molar refractivity (Wildman–Crippen MR) is 79.9 cm³/mol. The van der Waals surface area contributed by atoms with Gasteiger partial charge < -0.3 is 15.4 Å². The molecule has 1 aliphatic rings. The molecule has 1 atom stereocenters. The van der Waals surface area contributed by atoms with Crippen LogP contribution in [0, 0.1) is 0 Å². The van der Waals surface area contributed by atoms with Crippen LogP contribution in [0.25, 0.3) is 10.8 Å². The lowest BCUT2D eigenvalue weighted by molar-refractivity contribution is 0.273. The number of anilines is 1. The molecule has 0 saturated heterocycles. The van der Waals surface area contributed by atoms with Crippen molar-refractivity contribution in [1.82, 2.24) is 0 Å². The Bertz CT molecular complexity index is 582. The molecule has 2 aromatic rings. The normalized spacial score (nSPS) is 18.2. The van der Waals surface area contributed by atoms with E-state index in [2.05, 4.69) is 48.2 Å². The van der Waals surface area contributed by atoms with Gasteiger partial charge in [0, 0.05) is 11.9 Å². The van der Waals surface area contributed by atoms with Crippen molar-refractivity contribution in [2.24, 2.45) is 5.73 Å². The van der Waals surface area contributed by atoms with Gasteiger partial charge in [0.25, 0.3) is 0 Å². The highest BCUT2D eigenvalue weighted by atomic mass is 16.5. The van der Waals surface area contributed by atoms with Crippen molar-refractivity contribution in [2.45, 2.75) is 19.4 Å². The average molecular weight is 256 g/mol. The number of fused-ring (bicyclic) bond motifs is 3. The van der Waals surface area contributed by atoms with Gasteiger partial charge in [0.15, 0.2) is 5.75 Å². The van der Waals surface area contributed by atoms with E-state index in [0.29, 0.717) is 6.04 Å². The smallest absolute Gasteiger partial charge is 0.150 e. The molecule has 0 amide bonds. The van der Waals surface area contributed by atoms with Crippen molar-refractivity contribution in [3.63, 3.8) is 0 Å². The summed E-state index contributed by atoms with van der Waals surface area (Å²) in [5.41, 5.74) is 6.84. The standard InChI is InChI=1S/C16H20N2O/c1-12-11-19-16-14-6-3-2-5-13(14)7-8-15(16)18(12)10-4-9-17/h2-3,5-8,12H,4,9-11,17H2,1H3. The van der Waals surface area contributed by atoms with E-state index in [9.17, 15) is 0 Å². The lowest BCUT2D eigenvalue weighted by Gasteiger charge is -2.37. The molecule has 0 spiro atoms. The van der Waals surface area contributed by atoms with Crippen LogP contribution < -0.4 is 15.4 Å². The molecule has 1 heterocycles. The Morgan fingerprint density at radius 2 is 2.11 bits per heavy atom. The molecular formula is C16H20N2O. The van der Waals surface area contributed by atoms with Crippen LogP contribution in [-0.2, 0) is 0 Å². The molecule has 0 fully saturated rings. The number of hydrogen-bond donors (Lipinski definition) is 1. The number of hydrogen-bond acceptors (Lipinski definition) is 3. The van der Waals surface area contributed by atoms with Crippen LogP contribution in [0.3, 0.4) is 0 Å². The molecule has 3 rings (SSSR count). The topological polar surface area (TPSA) is 38.5 Å². The van der Waals surface area contributed by atoms with Gasteiger partial charge in [-0.1, -0.05) is 30.3 Å². The first-order chi connectivity index (χ1) is 9.31. The quantitative estimate of drug-likeness (QED) is 0.917. The molecule has 1 aliphatic heterocycles. The van der Waals surface area contributed by atoms with E-state index in [4.69, 9.17) is 10.5 Å². The van der Waals surface area contributed by atoms with Gasteiger partial charge in [-0.05, 0) is 31.3 Å². The molecule has 1 unspecified atom stereocenters. The number of nitrogens with two attached hydrogens (primary N) is 1. The summed E-state index contributed by atoms with van der Waals surface area (Å²) >= 11 is 0. The van der Waals surface area contributed by atoms with Crippen LogP contribution >= 0.6 is 0 Å². The second-order valence-electron chi connectivity index (χ2n) is 5.13. The van der Waals surface area contributed by atoms with E-state index in [1.54, 1.807) is 0 Å². The minimum absolute atomic E-state index is 0.403. The average Bonchev–Trinajstić information content (AvgIpc) is 2.46. The minimum Gasteiger partial charge on any atom is -0.489 e. The summed E-state index contributed by atoms with van der Waals surface area (Å²) in [4.78, 5) is 2.41. The highest BCUT2D eigenvalue weighted by Crippen LogP contribution is 2.39. The maximum Gasteiger partial charge on any atom is 0.150 e. The summed E-state index contributed by atoms with van der Waals surface area (Å²) in [6, 6.07) is 13.1. The van der Waals surface area contributed by atoms with E-state index in [1.807, 2.05) is 0 Å². The molecule has 0 bridgehead atoms. The van der Waals surface area contributed by atoms with Crippen LogP contribution in [0.5, 0.6) is 5.75 Å². The molecular weight excluding hydrogens is 236 g/mol. The maximum absolute atomic E-state index is 5.99. The summed E-state index contributed by atoms with van der Waals surface area (Å²) in [6.07, 6.45) is 1.01. The zero-order valence-electron chi connectivity index (χ0n) is 11.3. The van der Waals surface area contributed by atoms with E-state index >= 15 is 0 Å². The molecule has 2 N–H and O–H groups in total. The van der Waals surface area contributed by atoms with Gasteiger partial charge in [-0.15, -0.1) is 0 Å². The second kappa shape index (κ2) is 5.10. The molecule has 19 heavy (non-hydrogen) atoms. The Kier molecular flexibility index (Phi) is 3.30. The van der Waals surface area contributed by atoms with Gasteiger partial charge in [0.05, 0.1) is 11.7 Å². The first-order valence-electron chi connectivity index (χ1n) is 6.92. The van der Waals surface area contributed by atoms with Crippen LogP contribution in [0.1, 0.15) is 13.3 Å². The molecule has 3 nitrogen and oxygen atoms in total. The lowest BCUT2D eigenvalue weighted by atomic mass is 10.1. The fourth-order valence-corrected chi connectivity index (χ4v) is 2.74. The molecule has 2 aromatic carbocycles. The van der Waals surface area contributed by atoms with Gasteiger partial charge in [-0.25, -0.2) is 0 Å². The summed E-state index contributed by atoms with van der Waals surface area (Å²) in [6.45, 7) is 4.67. The highest BCUT2D eigenvalue weighted by Gasteiger charge is 2.25. The SMILES string of the molecule is CC1COc2c(ccc3ccccc23)N1CCCN. The summed E-state index contributed by atoms with van der Waals surface area (Å²) in [5, 5.41) is 2.43. The molecule has 3 heteroatoms. The zero-order chi connectivity index (χ0) is 13.2. The van der Waals surface area contributed by atoms with E-state index in [1.165, 1.54) is 16.5 Å². The van der Waals surface area contributed by atoms with Crippen molar-refractivity contribution in [3.05, 3.63) is 36.4 Å². The van der Waals surface area contributed by atoms with Crippen molar-refractivity contribution < 1.29 is 4.74 Å². The fourth-order valence-electron chi connectivity index (χ4n) is 2.74. The molecule has 0 saturated carbocycles. The number of benzene rings is 2. The van der Waals surface area contributed by atoms with Crippen LogP contribution in [0.4, 0.5) is 5.69 Å². The van der Waals surface area contributed by atoms with E-state index in [0.717, 1.165) is 31.9 Å². The third kappa shape index (κ3) is 2.15. The van der Waals surface area contributed by atoms with Crippen LogP contribution in [-0.4, -0.2) is 25.7 Å².